The number of phenolic OH excluding ortho intramolecular Hbond substituents is 1. The predicted octanol–water partition coefficient (Wildman–Crippen LogP) is 2.46. The lowest BCUT2D eigenvalue weighted by atomic mass is 9.99. The average molecular weight is 180 g/mol. The molecule has 0 unspecified atom stereocenters. The number of aryl methyl sites for hydroxylation is 2. The second kappa shape index (κ2) is 3.79. The van der Waals surface area contributed by atoms with E-state index in [1.54, 1.807) is 7.11 Å². The molecule has 0 radical (unpaired) electrons. The van der Waals surface area contributed by atoms with Gasteiger partial charge >= 0.3 is 0 Å². The molecule has 1 N–H and O–H groups in total. The standard InChI is InChI=1S/C11H16O2/c1-7-5-8(2)11(12)10(6-13-4)9(7)3/h5,12H,6H2,1-4H3. The van der Waals surface area contributed by atoms with Gasteiger partial charge in [0.05, 0.1) is 6.61 Å². The molecule has 0 atom stereocenters. The zero-order valence-corrected chi connectivity index (χ0v) is 8.64. The number of phenols is 1. The molecule has 0 fully saturated rings. The van der Waals surface area contributed by atoms with Crippen LogP contribution in [-0.4, -0.2) is 12.2 Å². The third kappa shape index (κ3) is 1.83. The first-order valence-electron chi connectivity index (χ1n) is 4.35. The van der Waals surface area contributed by atoms with E-state index in [0.29, 0.717) is 12.4 Å². The van der Waals surface area contributed by atoms with Crippen molar-refractivity contribution in [3.8, 4) is 5.75 Å². The van der Waals surface area contributed by atoms with Gasteiger partial charge in [0.2, 0.25) is 0 Å². The molecule has 0 aliphatic rings. The predicted molar refractivity (Wildman–Crippen MR) is 53.0 cm³/mol. The van der Waals surface area contributed by atoms with Crippen molar-refractivity contribution in [2.24, 2.45) is 0 Å². The summed E-state index contributed by atoms with van der Waals surface area (Å²) in [5.41, 5.74) is 4.13. The van der Waals surface area contributed by atoms with Crippen molar-refractivity contribution < 1.29 is 9.84 Å². The largest absolute Gasteiger partial charge is 0.507 e. The lowest BCUT2D eigenvalue weighted by Crippen LogP contribution is -1.97. The zero-order valence-electron chi connectivity index (χ0n) is 8.64. The first kappa shape index (κ1) is 10.1. The topological polar surface area (TPSA) is 29.5 Å². The highest BCUT2D eigenvalue weighted by molar-refractivity contribution is 5.48. The monoisotopic (exact) mass is 180 g/mol. The Labute approximate surface area is 79.2 Å². The van der Waals surface area contributed by atoms with Gasteiger partial charge in [-0.1, -0.05) is 6.07 Å². The highest BCUT2D eigenvalue weighted by Gasteiger charge is 2.09. The van der Waals surface area contributed by atoms with Crippen molar-refractivity contribution in [1.29, 1.82) is 0 Å². The van der Waals surface area contributed by atoms with Crippen LogP contribution in [-0.2, 0) is 11.3 Å². The van der Waals surface area contributed by atoms with Gasteiger partial charge in [-0.05, 0) is 37.5 Å². The minimum atomic E-state index is 0.366. The quantitative estimate of drug-likeness (QED) is 0.757. The number of ether oxygens (including phenoxy) is 1. The van der Waals surface area contributed by atoms with Crippen molar-refractivity contribution in [1.82, 2.24) is 0 Å². The smallest absolute Gasteiger partial charge is 0.124 e. The lowest BCUT2D eigenvalue weighted by molar-refractivity contribution is 0.181. The number of methoxy groups -OCH3 is 1. The van der Waals surface area contributed by atoms with Gasteiger partial charge in [0.25, 0.3) is 0 Å². The third-order valence-corrected chi connectivity index (χ3v) is 2.43. The molecule has 1 aromatic carbocycles. The maximum Gasteiger partial charge on any atom is 0.124 e. The molecule has 2 nitrogen and oxygen atoms in total. The van der Waals surface area contributed by atoms with Crippen molar-refractivity contribution in [3.05, 3.63) is 28.3 Å². The second-order valence-electron chi connectivity index (χ2n) is 3.40. The fraction of sp³-hybridized carbons (Fsp3) is 0.455. The molecule has 0 spiro atoms. The zero-order chi connectivity index (χ0) is 10.0. The second-order valence-corrected chi connectivity index (χ2v) is 3.40. The van der Waals surface area contributed by atoms with E-state index in [9.17, 15) is 5.11 Å². The minimum absolute atomic E-state index is 0.366. The van der Waals surface area contributed by atoms with E-state index in [1.807, 2.05) is 26.8 Å². The van der Waals surface area contributed by atoms with E-state index in [-0.39, 0.29) is 0 Å². The van der Waals surface area contributed by atoms with E-state index >= 15 is 0 Å². The summed E-state index contributed by atoms with van der Waals surface area (Å²) in [7, 11) is 1.64. The molecule has 0 aliphatic heterocycles. The first-order chi connectivity index (χ1) is 6.07. The van der Waals surface area contributed by atoms with Crippen molar-refractivity contribution >= 4 is 0 Å². The Morgan fingerprint density at radius 1 is 1.23 bits per heavy atom. The van der Waals surface area contributed by atoms with Crippen LogP contribution in [0, 0.1) is 20.8 Å². The Kier molecular flexibility index (Phi) is 2.94. The summed E-state index contributed by atoms with van der Waals surface area (Å²) in [6.07, 6.45) is 0. The van der Waals surface area contributed by atoms with Crippen LogP contribution < -0.4 is 0 Å². The number of hydrogen-bond donors (Lipinski definition) is 1. The Hall–Kier alpha value is -1.02. The summed E-state index contributed by atoms with van der Waals surface area (Å²) >= 11 is 0. The van der Waals surface area contributed by atoms with Crippen LogP contribution in [0.3, 0.4) is 0 Å². The first-order valence-corrected chi connectivity index (χ1v) is 4.35. The van der Waals surface area contributed by atoms with Crippen molar-refractivity contribution in [2.75, 3.05) is 7.11 Å². The molecular weight excluding hydrogens is 164 g/mol. The molecule has 0 amide bonds. The lowest BCUT2D eigenvalue weighted by Gasteiger charge is -2.12. The molecule has 0 saturated carbocycles. The molecule has 0 aromatic heterocycles. The van der Waals surface area contributed by atoms with Gasteiger partial charge in [-0.3, -0.25) is 0 Å². The van der Waals surface area contributed by atoms with Gasteiger partial charge in [0.15, 0.2) is 0 Å². The molecule has 72 valence electrons. The van der Waals surface area contributed by atoms with Gasteiger partial charge in [-0.15, -0.1) is 0 Å². The van der Waals surface area contributed by atoms with E-state index in [2.05, 4.69) is 0 Å². The van der Waals surface area contributed by atoms with Gasteiger partial charge in [-0.2, -0.15) is 0 Å². The summed E-state index contributed by atoms with van der Waals surface area (Å²) in [5.74, 6) is 0.366. The van der Waals surface area contributed by atoms with Crippen molar-refractivity contribution in [3.63, 3.8) is 0 Å². The van der Waals surface area contributed by atoms with Crippen LogP contribution in [0.15, 0.2) is 6.07 Å². The summed E-state index contributed by atoms with van der Waals surface area (Å²) in [4.78, 5) is 0. The molecule has 2 heteroatoms. The summed E-state index contributed by atoms with van der Waals surface area (Å²) in [5, 5.41) is 9.75. The molecule has 1 aromatic rings. The van der Waals surface area contributed by atoms with Crippen LogP contribution in [0.4, 0.5) is 0 Å². The highest BCUT2D eigenvalue weighted by atomic mass is 16.5. The molecule has 0 heterocycles. The summed E-state index contributed by atoms with van der Waals surface area (Å²) in [6, 6.07) is 1.99. The van der Waals surface area contributed by atoms with Crippen molar-refractivity contribution in [2.45, 2.75) is 27.4 Å². The summed E-state index contributed by atoms with van der Waals surface area (Å²) in [6.45, 7) is 6.42. The summed E-state index contributed by atoms with van der Waals surface area (Å²) < 4.78 is 5.04. The van der Waals surface area contributed by atoms with Gasteiger partial charge in [-0.25, -0.2) is 0 Å². The number of hydrogen-bond acceptors (Lipinski definition) is 2. The van der Waals surface area contributed by atoms with E-state index in [1.165, 1.54) is 5.56 Å². The SMILES string of the molecule is COCc1c(C)c(C)cc(C)c1O. The maximum absolute atomic E-state index is 9.75. The minimum Gasteiger partial charge on any atom is -0.507 e. The van der Waals surface area contributed by atoms with Crippen LogP contribution in [0.5, 0.6) is 5.75 Å². The average Bonchev–Trinajstić information content (AvgIpc) is 2.09. The van der Waals surface area contributed by atoms with Gasteiger partial charge in [0.1, 0.15) is 5.75 Å². The van der Waals surface area contributed by atoms with Gasteiger partial charge < -0.3 is 9.84 Å². The maximum atomic E-state index is 9.75. The Morgan fingerprint density at radius 2 is 1.85 bits per heavy atom. The number of aromatic hydroxyl groups is 1. The Bertz CT molecular complexity index is 290. The number of rotatable bonds is 2. The van der Waals surface area contributed by atoms with Crippen LogP contribution in [0.1, 0.15) is 22.3 Å². The molecule has 13 heavy (non-hydrogen) atoms. The Morgan fingerprint density at radius 3 is 2.38 bits per heavy atom. The van der Waals surface area contributed by atoms with E-state index in [0.717, 1.165) is 16.7 Å². The molecular formula is C11H16O2. The fourth-order valence-electron chi connectivity index (χ4n) is 1.48. The van der Waals surface area contributed by atoms with Crippen LogP contribution in [0.25, 0.3) is 0 Å². The molecule has 1 rings (SSSR count). The molecule has 0 saturated heterocycles. The van der Waals surface area contributed by atoms with Crippen LogP contribution in [0.2, 0.25) is 0 Å². The van der Waals surface area contributed by atoms with Crippen LogP contribution >= 0.6 is 0 Å². The highest BCUT2D eigenvalue weighted by Crippen LogP contribution is 2.28. The Balaban J connectivity index is 3.28. The number of benzene rings is 1. The molecule has 0 bridgehead atoms. The molecule has 0 aliphatic carbocycles. The van der Waals surface area contributed by atoms with Gasteiger partial charge in [0, 0.05) is 12.7 Å². The fourth-order valence-corrected chi connectivity index (χ4v) is 1.48. The van der Waals surface area contributed by atoms with E-state index < -0.39 is 0 Å². The third-order valence-electron chi connectivity index (χ3n) is 2.43. The van der Waals surface area contributed by atoms with E-state index in [4.69, 9.17) is 4.74 Å². The normalized spacial score (nSPS) is 10.5.